The summed E-state index contributed by atoms with van der Waals surface area (Å²) in [7, 11) is 0. The van der Waals surface area contributed by atoms with E-state index in [0.29, 0.717) is 0 Å². The first-order valence-electron chi connectivity index (χ1n) is 7.10. The Balaban J connectivity index is 3.23. The number of alkyl halides is 3. The molecule has 1 aromatic rings. The fourth-order valence-corrected chi connectivity index (χ4v) is 3.06. The number of hydrogen-bond acceptors (Lipinski definition) is 4. The molecule has 136 valence electrons. The van der Waals surface area contributed by atoms with Crippen LogP contribution in [0.4, 0.5) is 17.6 Å². The fraction of sp³-hybridized carbons (Fsp3) is 0.533. The van der Waals surface area contributed by atoms with E-state index >= 15 is 0 Å². The van der Waals surface area contributed by atoms with Gasteiger partial charge >= 0.3 is 5.97 Å². The maximum Gasteiger partial charge on any atom is 0.340 e. The minimum absolute atomic E-state index is 0.160. The van der Waals surface area contributed by atoms with Crippen LogP contribution in [0.15, 0.2) is 24.3 Å². The Labute approximate surface area is 140 Å². The molecule has 0 saturated heterocycles. The van der Waals surface area contributed by atoms with Gasteiger partial charge in [0, 0.05) is 16.9 Å². The lowest BCUT2D eigenvalue weighted by molar-refractivity contribution is -0.157. The van der Waals surface area contributed by atoms with Crippen molar-refractivity contribution in [1.29, 1.82) is 0 Å². The van der Waals surface area contributed by atoms with Crippen LogP contribution in [-0.2, 0) is 26.4 Å². The lowest BCUT2D eigenvalue weighted by atomic mass is 9.83. The summed E-state index contributed by atoms with van der Waals surface area (Å²) in [6.07, 6.45) is -3.05. The minimum atomic E-state index is -3.94. The molecule has 9 heteroatoms. The summed E-state index contributed by atoms with van der Waals surface area (Å²) in [6.45, 7) is 2.16. The van der Waals surface area contributed by atoms with Crippen LogP contribution in [0.5, 0.6) is 0 Å². The van der Waals surface area contributed by atoms with Gasteiger partial charge < -0.3 is 9.29 Å². The lowest BCUT2D eigenvalue weighted by Crippen LogP contribution is -2.57. The molecule has 0 bridgehead atoms. The standard InChI is InChI=1S/C15H19F4NO3S/c1-4-23-13(21)12(17)9-15(18,19)14(2,20-24(3)22)10-7-5-6-8-11(10)16/h5-8,12,20H,4,9H2,1-3H3/t12?,14-,24?/m1/s1. The number of ether oxygens (including phenoxy) is 1. The molecule has 2 unspecified atom stereocenters. The van der Waals surface area contributed by atoms with Crippen LogP contribution in [-0.4, -0.2) is 35.5 Å². The Morgan fingerprint density at radius 2 is 2.00 bits per heavy atom. The largest absolute Gasteiger partial charge is 0.598 e. The third kappa shape index (κ3) is 4.61. The number of esters is 1. The monoisotopic (exact) mass is 369 g/mol. The van der Waals surface area contributed by atoms with E-state index in [9.17, 15) is 26.9 Å². The SMILES string of the molecule is CCOC(=O)C(F)CC(F)(F)[C@](C)(N[S+](C)[O-])c1ccccc1F. The molecule has 0 aliphatic rings. The zero-order chi connectivity index (χ0) is 18.5. The van der Waals surface area contributed by atoms with E-state index in [0.717, 1.165) is 25.3 Å². The molecule has 0 radical (unpaired) electrons. The second kappa shape index (κ2) is 8.17. The molecule has 1 rings (SSSR count). The second-order valence-corrected chi connectivity index (χ2v) is 6.40. The van der Waals surface area contributed by atoms with Gasteiger partial charge in [0.05, 0.1) is 13.0 Å². The van der Waals surface area contributed by atoms with Crippen LogP contribution in [0.3, 0.4) is 0 Å². The summed E-state index contributed by atoms with van der Waals surface area (Å²) in [5, 5.41) is 0. The van der Waals surface area contributed by atoms with E-state index in [1.54, 1.807) is 0 Å². The van der Waals surface area contributed by atoms with Crippen LogP contribution in [0.1, 0.15) is 25.8 Å². The molecular formula is C15H19F4NO3S. The molecule has 0 heterocycles. The van der Waals surface area contributed by atoms with Crippen LogP contribution in [0.25, 0.3) is 0 Å². The molecule has 0 amide bonds. The molecule has 0 saturated carbocycles. The highest BCUT2D eigenvalue weighted by molar-refractivity contribution is 7.88. The predicted molar refractivity (Wildman–Crippen MR) is 82.0 cm³/mol. The Morgan fingerprint density at radius 1 is 1.42 bits per heavy atom. The Bertz CT molecular complexity index is 573. The molecule has 0 aliphatic carbocycles. The highest BCUT2D eigenvalue weighted by atomic mass is 32.2. The van der Waals surface area contributed by atoms with Gasteiger partial charge in [-0.05, 0) is 19.9 Å². The molecule has 0 fully saturated rings. The van der Waals surface area contributed by atoms with E-state index in [-0.39, 0.29) is 6.61 Å². The van der Waals surface area contributed by atoms with E-state index in [2.05, 4.69) is 9.46 Å². The maximum absolute atomic E-state index is 14.7. The summed E-state index contributed by atoms with van der Waals surface area (Å²) in [5.41, 5.74) is -2.98. The number of hydrogen-bond donors (Lipinski definition) is 1. The summed E-state index contributed by atoms with van der Waals surface area (Å²) < 4.78 is 75.2. The normalized spacial score (nSPS) is 17.0. The molecule has 1 aromatic carbocycles. The summed E-state index contributed by atoms with van der Waals surface area (Å²) in [6, 6.07) is 4.67. The molecule has 0 aromatic heterocycles. The number of halogens is 4. The molecule has 0 aliphatic heterocycles. The van der Waals surface area contributed by atoms with Crippen LogP contribution < -0.4 is 4.72 Å². The van der Waals surface area contributed by atoms with Gasteiger partial charge in [-0.2, -0.15) is 0 Å². The quantitative estimate of drug-likeness (QED) is 0.435. The summed E-state index contributed by atoms with van der Waals surface area (Å²) in [4.78, 5) is 11.3. The third-order valence-corrected chi connectivity index (χ3v) is 4.17. The van der Waals surface area contributed by atoms with E-state index in [4.69, 9.17) is 0 Å². The highest BCUT2D eigenvalue weighted by Gasteiger charge is 2.56. The molecular weight excluding hydrogens is 350 g/mol. The molecule has 4 nitrogen and oxygen atoms in total. The average Bonchev–Trinajstić information content (AvgIpc) is 2.46. The third-order valence-electron chi connectivity index (χ3n) is 3.47. The molecule has 0 spiro atoms. The smallest absolute Gasteiger partial charge is 0.340 e. The van der Waals surface area contributed by atoms with E-state index in [1.807, 2.05) is 0 Å². The summed E-state index contributed by atoms with van der Waals surface area (Å²) in [5.74, 6) is -6.33. The minimum Gasteiger partial charge on any atom is -0.598 e. The molecule has 3 atom stereocenters. The van der Waals surface area contributed by atoms with Gasteiger partial charge in [0.15, 0.2) is 5.54 Å². The van der Waals surface area contributed by atoms with Gasteiger partial charge in [-0.15, -0.1) is 4.72 Å². The zero-order valence-electron chi connectivity index (χ0n) is 13.4. The number of benzene rings is 1. The predicted octanol–water partition coefficient (Wildman–Crippen LogP) is 2.85. The van der Waals surface area contributed by atoms with E-state index < -0.39 is 52.8 Å². The van der Waals surface area contributed by atoms with Crippen molar-refractivity contribution in [3.63, 3.8) is 0 Å². The van der Waals surface area contributed by atoms with Crippen molar-refractivity contribution >= 4 is 17.3 Å². The lowest BCUT2D eigenvalue weighted by Gasteiger charge is -2.37. The van der Waals surface area contributed by atoms with Crippen LogP contribution in [0, 0.1) is 5.82 Å². The fourth-order valence-electron chi connectivity index (χ4n) is 2.23. The molecule has 1 N–H and O–H groups in total. The molecule has 24 heavy (non-hydrogen) atoms. The Kier molecular flexibility index (Phi) is 7.06. The van der Waals surface area contributed by atoms with Gasteiger partial charge in [0.25, 0.3) is 5.92 Å². The first kappa shape index (κ1) is 20.7. The van der Waals surface area contributed by atoms with Crippen molar-refractivity contribution in [3.05, 3.63) is 35.6 Å². The first-order chi connectivity index (χ1) is 11.0. The highest BCUT2D eigenvalue weighted by Crippen LogP contribution is 2.42. The van der Waals surface area contributed by atoms with Crippen molar-refractivity contribution in [2.45, 2.75) is 37.9 Å². The maximum atomic E-state index is 14.7. The van der Waals surface area contributed by atoms with Gasteiger partial charge in [0.1, 0.15) is 12.1 Å². The van der Waals surface area contributed by atoms with Crippen molar-refractivity contribution in [1.82, 2.24) is 4.72 Å². The second-order valence-electron chi connectivity index (χ2n) is 5.29. The van der Waals surface area contributed by atoms with Crippen molar-refractivity contribution in [2.24, 2.45) is 0 Å². The average molecular weight is 369 g/mol. The van der Waals surface area contributed by atoms with E-state index in [1.165, 1.54) is 19.1 Å². The summed E-state index contributed by atoms with van der Waals surface area (Å²) >= 11 is -1.95. The van der Waals surface area contributed by atoms with Crippen LogP contribution >= 0.6 is 0 Å². The van der Waals surface area contributed by atoms with Crippen molar-refractivity contribution < 1.29 is 31.6 Å². The Morgan fingerprint density at radius 3 is 2.50 bits per heavy atom. The topological polar surface area (TPSA) is 61.4 Å². The first-order valence-corrected chi connectivity index (χ1v) is 8.65. The zero-order valence-corrected chi connectivity index (χ0v) is 14.3. The Hall–Kier alpha value is -1.32. The number of carbonyl (C=O) groups is 1. The van der Waals surface area contributed by atoms with Crippen molar-refractivity contribution in [2.75, 3.05) is 12.9 Å². The van der Waals surface area contributed by atoms with Crippen LogP contribution in [0.2, 0.25) is 0 Å². The van der Waals surface area contributed by atoms with Crippen molar-refractivity contribution in [3.8, 4) is 0 Å². The number of nitrogens with one attached hydrogen (secondary N) is 1. The van der Waals surface area contributed by atoms with Gasteiger partial charge in [-0.25, -0.2) is 22.4 Å². The van der Waals surface area contributed by atoms with Gasteiger partial charge in [0.2, 0.25) is 6.17 Å². The van der Waals surface area contributed by atoms with Gasteiger partial charge in [-0.3, -0.25) is 0 Å². The number of rotatable bonds is 8. The number of carbonyl (C=O) groups excluding carboxylic acids is 1. The van der Waals surface area contributed by atoms with Gasteiger partial charge in [-0.1, -0.05) is 18.2 Å².